The van der Waals surface area contributed by atoms with Crippen molar-refractivity contribution in [3.05, 3.63) is 64.9 Å². The molecule has 2 unspecified atom stereocenters. The third-order valence-electron chi connectivity index (χ3n) is 7.55. The van der Waals surface area contributed by atoms with Crippen LogP contribution in [0, 0.1) is 17.6 Å². The zero-order chi connectivity index (χ0) is 25.6. The Bertz CT molecular complexity index is 1210. The molecule has 3 heterocycles. The fourth-order valence-electron chi connectivity index (χ4n) is 5.66. The number of nitrogens with zero attached hydrogens (tertiary/aromatic N) is 2. The molecule has 3 aromatic rings. The van der Waals surface area contributed by atoms with Gasteiger partial charge in [-0.05, 0) is 39.2 Å². The molecule has 1 saturated heterocycles. The molecule has 36 heavy (non-hydrogen) atoms. The average Bonchev–Trinajstić information content (AvgIpc) is 3.14. The Morgan fingerprint density at radius 1 is 1.11 bits per heavy atom. The maximum absolute atomic E-state index is 15.6. The van der Waals surface area contributed by atoms with Crippen molar-refractivity contribution in [2.75, 3.05) is 32.8 Å². The van der Waals surface area contributed by atoms with E-state index >= 15 is 8.78 Å². The molecule has 0 amide bonds. The summed E-state index contributed by atoms with van der Waals surface area (Å²) in [5.41, 5.74) is -0.0974. The van der Waals surface area contributed by atoms with Crippen LogP contribution in [0.15, 0.2) is 40.8 Å². The third-order valence-corrected chi connectivity index (χ3v) is 7.55. The lowest BCUT2D eigenvalue weighted by Gasteiger charge is -2.42. The van der Waals surface area contributed by atoms with Gasteiger partial charge in [-0.2, -0.15) is 0 Å². The van der Waals surface area contributed by atoms with Gasteiger partial charge in [0.05, 0.1) is 0 Å². The van der Waals surface area contributed by atoms with Gasteiger partial charge >= 0.3 is 0 Å². The highest BCUT2D eigenvalue weighted by atomic mass is 19.1. The number of benzene rings is 2. The summed E-state index contributed by atoms with van der Waals surface area (Å²) in [6.07, 6.45) is 1.78. The molecule has 0 bridgehead atoms. The quantitative estimate of drug-likeness (QED) is 0.352. The fourth-order valence-corrected chi connectivity index (χ4v) is 5.66. The molecule has 2 atom stereocenters. The van der Waals surface area contributed by atoms with Crippen molar-refractivity contribution in [3.63, 3.8) is 0 Å². The highest BCUT2D eigenvalue weighted by Gasteiger charge is 2.42. The second-order valence-electron chi connectivity index (χ2n) is 11.0. The first-order chi connectivity index (χ1) is 17.1. The number of alkyl halides is 1. The van der Waals surface area contributed by atoms with Crippen LogP contribution in [-0.2, 0) is 6.42 Å². The van der Waals surface area contributed by atoms with Gasteiger partial charge in [0, 0.05) is 60.9 Å². The van der Waals surface area contributed by atoms with E-state index in [2.05, 4.69) is 11.8 Å². The lowest BCUT2D eigenvalue weighted by molar-refractivity contribution is 0.0572. The van der Waals surface area contributed by atoms with Gasteiger partial charge in [-0.15, -0.1) is 0 Å². The van der Waals surface area contributed by atoms with Gasteiger partial charge in [-0.3, -0.25) is 9.80 Å². The summed E-state index contributed by atoms with van der Waals surface area (Å²) in [7, 11) is 0. The van der Waals surface area contributed by atoms with E-state index in [1.54, 1.807) is 0 Å². The molecule has 0 saturated carbocycles. The number of hydrogen-bond donors (Lipinski definition) is 0. The average molecular weight is 501 g/mol. The smallest absolute Gasteiger partial charge is 0.135 e. The van der Waals surface area contributed by atoms with Crippen molar-refractivity contribution in [2.45, 2.75) is 58.3 Å². The number of halogens is 3. The summed E-state index contributed by atoms with van der Waals surface area (Å²) in [6, 6.07) is 9.06. The third kappa shape index (κ3) is 4.88. The van der Waals surface area contributed by atoms with Gasteiger partial charge in [-0.25, -0.2) is 13.2 Å². The molecule has 0 N–H and O–H groups in total. The molecule has 0 aliphatic carbocycles. The Labute approximate surface area is 211 Å². The van der Waals surface area contributed by atoms with E-state index in [9.17, 15) is 4.39 Å². The number of likely N-dealkylation sites (tertiary alicyclic amines) is 1. The minimum atomic E-state index is -1.56. The zero-order valence-electron chi connectivity index (χ0n) is 21.5. The molecule has 7 heteroatoms. The van der Waals surface area contributed by atoms with Crippen molar-refractivity contribution in [1.82, 2.24) is 9.80 Å². The van der Waals surface area contributed by atoms with Gasteiger partial charge in [-0.1, -0.05) is 31.5 Å². The summed E-state index contributed by atoms with van der Waals surface area (Å²) < 4.78 is 58.1. The minimum absolute atomic E-state index is 0.0149. The lowest BCUT2D eigenvalue weighted by Crippen LogP contribution is -2.48. The Morgan fingerprint density at radius 2 is 1.81 bits per heavy atom. The molecular weight excluding hydrogens is 465 g/mol. The predicted octanol–water partition coefficient (Wildman–Crippen LogP) is 6.52. The summed E-state index contributed by atoms with van der Waals surface area (Å²) in [4.78, 5) is 4.10. The van der Waals surface area contributed by atoms with Crippen LogP contribution in [-0.4, -0.2) is 54.3 Å². The standard InChI is InChI=1S/C29H35F3N2O2/c1-5-19-15-33(16-19)10-11-35-20-13-23(30)26(24(31)14-20)27-28-22(21-8-6-7-9-25(21)36-28)12-18(2)34(27)17-29(3,4)32/h6-9,13-14,18-19,27H,5,10-12,15-17H2,1-4H3. The van der Waals surface area contributed by atoms with E-state index in [4.69, 9.17) is 9.15 Å². The fraction of sp³-hybridized carbons (Fsp3) is 0.517. The molecule has 2 aliphatic heterocycles. The topological polar surface area (TPSA) is 28.9 Å². The van der Waals surface area contributed by atoms with E-state index in [-0.39, 0.29) is 23.9 Å². The Balaban J connectivity index is 1.47. The number of hydrogen-bond acceptors (Lipinski definition) is 4. The lowest BCUT2D eigenvalue weighted by atomic mass is 9.87. The van der Waals surface area contributed by atoms with Gasteiger partial charge in [0.25, 0.3) is 0 Å². The first-order valence-electron chi connectivity index (χ1n) is 12.9. The minimum Gasteiger partial charge on any atom is -0.492 e. The largest absolute Gasteiger partial charge is 0.492 e. The highest BCUT2D eigenvalue weighted by Crippen LogP contribution is 2.45. The van der Waals surface area contributed by atoms with Crippen LogP contribution < -0.4 is 4.74 Å². The van der Waals surface area contributed by atoms with E-state index < -0.39 is 23.3 Å². The molecule has 5 rings (SSSR count). The number of para-hydroxylation sites is 1. The van der Waals surface area contributed by atoms with Gasteiger partial charge in [0.1, 0.15) is 47.0 Å². The van der Waals surface area contributed by atoms with Gasteiger partial charge < -0.3 is 9.15 Å². The number of ether oxygens (including phenoxy) is 1. The molecule has 4 nitrogen and oxygen atoms in total. The molecule has 0 radical (unpaired) electrons. The van der Waals surface area contributed by atoms with Crippen LogP contribution in [0.3, 0.4) is 0 Å². The van der Waals surface area contributed by atoms with Crippen molar-refractivity contribution >= 4 is 11.0 Å². The van der Waals surface area contributed by atoms with Crippen LogP contribution in [0.2, 0.25) is 0 Å². The van der Waals surface area contributed by atoms with E-state index in [0.29, 0.717) is 24.4 Å². The number of furan rings is 1. The Morgan fingerprint density at radius 3 is 2.47 bits per heavy atom. The summed E-state index contributed by atoms with van der Waals surface area (Å²) in [5.74, 6) is -0.0579. The number of rotatable bonds is 8. The summed E-state index contributed by atoms with van der Waals surface area (Å²) in [6.45, 7) is 10.3. The van der Waals surface area contributed by atoms with Crippen LogP contribution in [0.25, 0.3) is 11.0 Å². The molecule has 0 spiro atoms. The monoisotopic (exact) mass is 500 g/mol. The first kappa shape index (κ1) is 25.2. The zero-order valence-corrected chi connectivity index (χ0v) is 21.5. The second kappa shape index (κ2) is 9.75. The first-order valence-corrected chi connectivity index (χ1v) is 12.9. The van der Waals surface area contributed by atoms with E-state index in [0.717, 1.165) is 36.5 Å². The molecule has 2 aliphatic rings. The van der Waals surface area contributed by atoms with E-state index in [1.807, 2.05) is 36.1 Å². The van der Waals surface area contributed by atoms with Crippen molar-refractivity contribution in [3.8, 4) is 5.75 Å². The van der Waals surface area contributed by atoms with Crippen LogP contribution >= 0.6 is 0 Å². The van der Waals surface area contributed by atoms with Crippen molar-refractivity contribution < 1.29 is 22.3 Å². The molecule has 1 fully saturated rings. The van der Waals surface area contributed by atoms with Crippen LogP contribution in [0.4, 0.5) is 13.2 Å². The molecule has 194 valence electrons. The molecule has 1 aromatic heterocycles. The van der Waals surface area contributed by atoms with Crippen LogP contribution in [0.1, 0.15) is 57.0 Å². The number of fused-ring (bicyclic) bond motifs is 3. The Kier molecular flexibility index (Phi) is 6.81. The van der Waals surface area contributed by atoms with Gasteiger partial charge in [0.2, 0.25) is 0 Å². The van der Waals surface area contributed by atoms with Gasteiger partial charge in [0.15, 0.2) is 0 Å². The van der Waals surface area contributed by atoms with Crippen molar-refractivity contribution in [1.29, 1.82) is 0 Å². The maximum Gasteiger partial charge on any atom is 0.135 e. The molecule has 2 aromatic carbocycles. The summed E-state index contributed by atoms with van der Waals surface area (Å²) >= 11 is 0. The normalized spacial score (nSPS) is 21.5. The molecular formula is C29H35F3N2O2. The second-order valence-corrected chi connectivity index (χ2v) is 11.0. The SMILES string of the molecule is CCC1CN(CCOc2cc(F)c(C3c4oc5ccccc5c4CC(C)N3CC(C)(C)F)c(F)c2)C1. The van der Waals surface area contributed by atoms with E-state index in [1.165, 1.54) is 32.4 Å². The maximum atomic E-state index is 15.6. The highest BCUT2D eigenvalue weighted by molar-refractivity contribution is 5.83. The summed E-state index contributed by atoms with van der Waals surface area (Å²) in [5, 5.41) is 0.931. The predicted molar refractivity (Wildman–Crippen MR) is 135 cm³/mol. The van der Waals surface area contributed by atoms with Crippen molar-refractivity contribution in [2.24, 2.45) is 5.92 Å². The van der Waals surface area contributed by atoms with Crippen LogP contribution in [0.5, 0.6) is 5.75 Å². The Hall–Kier alpha value is -2.51.